The highest BCUT2D eigenvalue weighted by Crippen LogP contribution is 2.18. The lowest BCUT2D eigenvalue weighted by Crippen LogP contribution is -2.54. The topological polar surface area (TPSA) is 103 Å². The Morgan fingerprint density at radius 2 is 2.08 bits per heavy atom. The maximum absolute atomic E-state index is 12.6. The Bertz CT molecular complexity index is 829. The molecular formula is C16H17N7O2. The van der Waals surface area contributed by atoms with Gasteiger partial charge in [0.1, 0.15) is 6.04 Å². The molecule has 1 aromatic carbocycles. The van der Waals surface area contributed by atoms with E-state index in [9.17, 15) is 9.59 Å². The molecule has 2 unspecified atom stereocenters. The van der Waals surface area contributed by atoms with Crippen LogP contribution in [0.25, 0.3) is 5.69 Å². The highest BCUT2D eigenvalue weighted by Gasteiger charge is 2.44. The number of nitrogens with one attached hydrogen (secondary N) is 4. The molecule has 1 saturated heterocycles. The zero-order chi connectivity index (χ0) is 17.4. The number of imidazole rings is 1. The number of fused-ring (bicyclic) bond motifs is 1. The normalized spacial score (nSPS) is 22.2. The number of amides is 2. The summed E-state index contributed by atoms with van der Waals surface area (Å²) in [7, 11) is 0. The van der Waals surface area contributed by atoms with Gasteiger partial charge in [0.05, 0.1) is 6.33 Å². The molecule has 0 radical (unpaired) electrons. The molecule has 9 nitrogen and oxygen atoms in total. The lowest BCUT2D eigenvalue weighted by Gasteiger charge is -2.28. The number of rotatable bonds is 3. The zero-order valence-electron chi connectivity index (χ0n) is 13.4. The smallest absolute Gasteiger partial charge is 0.250 e. The number of aromatic nitrogens is 2. The van der Waals surface area contributed by atoms with E-state index in [1.54, 1.807) is 42.8 Å². The van der Waals surface area contributed by atoms with Crippen molar-refractivity contribution in [2.45, 2.75) is 19.0 Å². The number of carbonyl (C=O) groups is 2. The Hall–Kier alpha value is -3.17. The van der Waals surface area contributed by atoms with Gasteiger partial charge in [0, 0.05) is 35.7 Å². The second kappa shape index (κ2) is 6.04. The van der Waals surface area contributed by atoms with Crippen LogP contribution >= 0.6 is 0 Å². The summed E-state index contributed by atoms with van der Waals surface area (Å²) in [6.45, 7) is 1.78. The van der Waals surface area contributed by atoms with Crippen molar-refractivity contribution in [3.63, 3.8) is 0 Å². The van der Waals surface area contributed by atoms with Gasteiger partial charge < -0.3 is 15.2 Å². The monoisotopic (exact) mass is 339 g/mol. The number of benzene rings is 1. The van der Waals surface area contributed by atoms with Gasteiger partial charge in [0.15, 0.2) is 6.04 Å². The summed E-state index contributed by atoms with van der Waals surface area (Å²) in [5.41, 5.74) is 7.99. The molecular weight excluding hydrogens is 322 g/mol. The quantitative estimate of drug-likeness (QED) is 0.621. The van der Waals surface area contributed by atoms with Crippen LogP contribution in [-0.2, 0) is 9.59 Å². The highest BCUT2D eigenvalue weighted by atomic mass is 16.2. The molecule has 2 aromatic rings. The van der Waals surface area contributed by atoms with Crippen molar-refractivity contribution in [2.24, 2.45) is 0 Å². The molecule has 1 aromatic heterocycles. The largest absolute Gasteiger partial charge is 0.327 e. The van der Waals surface area contributed by atoms with Crippen molar-refractivity contribution in [3.05, 3.63) is 54.9 Å². The molecule has 0 aliphatic carbocycles. The number of hydrazine groups is 2. The molecule has 128 valence electrons. The van der Waals surface area contributed by atoms with Gasteiger partial charge in [-0.25, -0.2) is 10.4 Å². The van der Waals surface area contributed by atoms with E-state index >= 15 is 0 Å². The standard InChI is InChI=1S/C16H17N7O2/c1-10-8-23-14(16(25)18-10)13(20-21-23)15(24)19-11-2-4-12(5-3-11)22-7-6-17-9-22/h2-9,13-14,20-21H,1H3,(H,18,25)(H,19,24). The van der Waals surface area contributed by atoms with E-state index in [1.165, 1.54) is 0 Å². The van der Waals surface area contributed by atoms with Gasteiger partial charge in [-0.1, -0.05) is 0 Å². The van der Waals surface area contributed by atoms with Gasteiger partial charge in [-0.05, 0) is 31.2 Å². The van der Waals surface area contributed by atoms with Gasteiger partial charge in [0.25, 0.3) is 5.91 Å². The van der Waals surface area contributed by atoms with Crippen molar-refractivity contribution >= 4 is 17.5 Å². The third-order valence-electron chi connectivity index (χ3n) is 4.11. The third-order valence-corrected chi connectivity index (χ3v) is 4.11. The molecule has 25 heavy (non-hydrogen) atoms. The van der Waals surface area contributed by atoms with Crippen molar-refractivity contribution < 1.29 is 9.59 Å². The molecule has 0 bridgehead atoms. The number of hydrogen-bond acceptors (Lipinski definition) is 6. The fourth-order valence-corrected chi connectivity index (χ4v) is 2.91. The minimum atomic E-state index is -0.710. The first-order valence-electron chi connectivity index (χ1n) is 7.80. The van der Waals surface area contributed by atoms with Crippen LogP contribution < -0.4 is 21.6 Å². The van der Waals surface area contributed by atoms with Crippen molar-refractivity contribution in [1.29, 1.82) is 0 Å². The van der Waals surface area contributed by atoms with E-state index in [0.717, 1.165) is 5.69 Å². The maximum Gasteiger partial charge on any atom is 0.250 e. The van der Waals surface area contributed by atoms with Gasteiger partial charge in [-0.3, -0.25) is 14.6 Å². The first-order valence-corrected chi connectivity index (χ1v) is 7.80. The summed E-state index contributed by atoms with van der Waals surface area (Å²) < 4.78 is 1.87. The minimum absolute atomic E-state index is 0.229. The van der Waals surface area contributed by atoms with Crippen LogP contribution in [0.2, 0.25) is 0 Å². The molecule has 0 saturated carbocycles. The molecule has 2 aliphatic heterocycles. The predicted molar refractivity (Wildman–Crippen MR) is 89.8 cm³/mol. The van der Waals surface area contributed by atoms with Gasteiger partial charge in [-0.2, -0.15) is 5.53 Å². The Kier molecular flexibility index (Phi) is 3.71. The molecule has 4 rings (SSSR count). The minimum Gasteiger partial charge on any atom is -0.327 e. The van der Waals surface area contributed by atoms with Crippen LogP contribution in [0.1, 0.15) is 6.92 Å². The molecule has 1 fully saturated rings. The lowest BCUT2D eigenvalue weighted by atomic mass is 10.1. The fourth-order valence-electron chi connectivity index (χ4n) is 2.91. The number of carbonyl (C=O) groups excluding carboxylic acids is 2. The Morgan fingerprint density at radius 1 is 1.28 bits per heavy atom. The van der Waals surface area contributed by atoms with Crippen LogP contribution in [0, 0.1) is 0 Å². The highest BCUT2D eigenvalue weighted by molar-refractivity contribution is 6.00. The van der Waals surface area contributed by atoms with E-state index in [1.807, 2.05) is 22.9 Å². The molecule has 9 heteroatoms. The molecule has 2 atom stereocenters. The van der Waals surface area contributed by atoms with Crippen molar-refractivity contribution in [2.75, 3.05) is 5.32 Å². The molecule has 4 N–H and O–H groups in total. The summed E-state index contributed by atoms with van der Waals surface area (Å²) in [6.07, 6.45) is 6.98. The number of anilines is 1. The summed E-state index contributed by atoms with van der Waals surface area (Å²) in [5.74, 6) is -0.522. The molecule has 2 amide bonds. The SMILES string of the molecule is CC1=CN2NNC(C(=O)Nc3ccc(-n4ccnc4)cc3)C2C(=O)N1. The summed E-state index contributed by atoms with van der Waals surface area (Å²) in [6, 6.07) is 6.01. The van der Waals surface area contributed by atoms with Crippen LogP contribution in [0.3, 0.4) is 0 Å². The van der Waals surface area contributed by atoms with E-state index in [4.69, 9.17) is 0 Å². The number of allylic oxidation sites excluding steroid dienone is 1. The van der Waals surface area contributed by atoms with Crippen molar-refractivity contribution in [3.8, 4) is 5.69 Å². The van der Waals surface area contributed by atoms with Crippen LogP contribution in [0.5, 0.6) is 0 Å². The Morgan fingerprint density at radius 3 is 2.80 bits per heavy atom. The van der Waals surface area contributed by atoms with Gasteiger partial charge in [-0.15, -0.1) is 0 Å². The predicted octanol–water partition coefficient (Wildman–Crippen LogP) is -0.136. The lowest BCUT2D eigenvalue weighted by molar-refractivity contribution is -0.129. The third kappa shape index (κ3) is 2.86. The molecule has 3 heterocycles. The van der Waals surface area contributed by atoms with Crippen LogP contribution in [0.4, 0.5) is 5.69 Å². The van der Waals surface area contributed by atoms with Crippen LogP contribution in [-0.4, -0.2) is 38.5 Å². The maximum atomic E-state index is 12.6. The van der Waals surface area contributed by atoms with E-state index < -0.39 is 12.1 Å². The summed E-state index contributed by atoms with van der Waals surface area (Å²) in [4.78, 5) is 28.7. The molecule has 2 aliphatic rings. The second-order valence-corrected chi connectivity index (χ2v) is 5.89. The van der Waals surface area contributed by atoms with Crippen LogP contribution in [0.15, 0.2) is 54.9 Å². The van der Waals surface area contributed by atoms with E-state index in [0.29, 0.717) is 11.4 Å². The van der Waals surface area contributed by atoms with Gasteiger partial charge >= 0.3 is 0 Å². The summed E-state index contributed by atoms with van der Waals surface area (Å²) in [5, 5.41) is 7.16. The summed E-state index contributed by atoms with van der Waals surface area (Å²) >= 11 is 0. The molecule has 0 spiro atoms. The Labute approximate surface area is 143 Å². The van der Waals surface area contributed by atoms with Crippen molar-refractivity contribution in [1.82, 2.24) is 30.8 Å². The van der Waals surface area contributed by atoms with E-state index in [2.05, 4.69) is 26.6 Å². The second-order valence-electron chi connectivity index (χ2n) is 5.89. The first kappa shape index (κ1) is 15.4. The zero-order valence-corrected chi connectivity index (χ0v) is 13.4. The number of nitrogens with zero attached hydrogens (tertiary/aromatic N) is 3. The fraction of sp³-hybridized carbons (Fsp3) is 0.188. The first-order chi connectivity index (χ1) is 12.1. The number of hydrogen-bond donors (Lipinski definition) is 4. The Balaban J connectivity index is 1.46. The average Bonchev–Trinajstić information content (AvgIpc) is 3.24. The average molecular weight is 339 g/mol. The van der Waals surface area contributed by atoms with Gasteiger partial charge in [0.2, 0.25) is 5.91 Å². The van der Waals surface area contributed by atoms with E-state index in [-0.39, 0.29) is 11.8 Å².